The second-order valence-electron chi connectivity index (χ2n) is 11.3. The molecule has 10 atom stereocenters. The van der Waals surface area contributed by atoms with Gasteiger partial charge < -0.3 is 20.1 Å². The second-order valence-corrected chi connectivity index (χ2v) is 11.3. The normalized spacial score (nSPS) is 49.9. The van der Waals surface area contributed by atoms with Crippen molar-refractivity contribution in [1.82, 2.24) is 0 Å². The van der Waals surface area contributed by atoms with Crippen molar-refractivity contribution in [2.45, 2.75) is 97.2 Å². The zero-order valence-electron chi connectivity index (χ0n) is 18.9. The summed E-state index contributed by atoms with van der Waals surface area (Å²) in [5.74, 6) is 1.99. The van der Waals surface area contributed by atoms with Crippen LogP contribution in [0.25, 0.3) is 0 Å². The van der Waals surface area contributed by atoms with Crippen molar-refractivity contribution < 1.29 is 49.7 Å². The van der Waals surface area contributed by atoms with Gasteiger partial charge in [0.2, 0.25) is 0 Å². The Hall–Kier alpha value is 0.390. The van der Waals surface area contributed by atoms with Gasteiger partial charge in [-0.15, -0.1) is 0 Å². The maximum atomic E-state index is 11.2. The quantitative estimate of drug-likeness (QED) is 0.642. The third kappa shape index (κ3) is 3.99. The summed E-state index contributed by atoms with van der Waals surface area (Å²) in [5.41, 5.74) is 0.494. The van der Waals surface area contributed by atoms with Gasteiger partial charge in [0.15, 0.2) is 0 Å². The van der Waals surface area contributed by atoms with E-state index in [0.717, 1.165) is 25.7 Å². The van der Waals surface area contributed by atoms with E-state index in [1.54, 1.807) is 0 Å². The number of carbonyl (C=O) groups is 1. The smallest absolute Gasteiger partial charge is 0.550 e. The average molecular weight is 415 g/mol. The minimum Gasteiger partial charge on any atom is -0.550 e. The van der Waals surface area contributed by atoms with Crippen molar-refractivity contribution in [3.63, 3.8) is 0 Å². The Morgan fingerprint density at radius 1 is 1.03 bits per heavy atom. The Kier molecular flexibility index (Phi) is 7.24. The van der Waals surface area contributed by atoms with Gasteiger partial charge in [-0.25, -0.2) is 0 Å². The van der Waals surface area contributed by atoms with Gasteiger partial charge in [-0.1, -0.05) is 20.8 Å². The van der Waals surface area contributed by atoms with Crippen LogP contribution in [0.1, 0.15) is 85.0 Å². The largest absolute Gasteiger partial charge is 1.00 e. The zero-order chi connectivity index (χ0) is 20.3. The number of hydrogen-bond donors (Lipinski definition) is 2. The van der Waals surface area contributed by atoms with Crippen LogP contribution in [0.3, 0.4) is 0 Å². The Morgan fingerprint density at radius 2 is 1.69 bits per heavy atom. The van der Waals surface area contributed by atoms with Crippen molar-refractivity contribution in [3.8, 4) is 0 Å². The van der Waals surface area contributed by atoms with Gasteiger partial charge in [0.1, 0.15) is 0 Å². The maximum absolute atomic E-state index is 11.2. The number of carboxylic acid groups (broad SMARTS) is 1. The van der Waals surface area contributed by atoms with Crippen LogP contribution >= 0.6 is 0 Å². The number of aliphatic carboxylic acids is 1. The molecule has 0 radical (unpaired) electrons. The molecule has 0 bridgehead atoms. The minimum atomic E-state index is -0.934. The summed E-state index contributed by atoms with van der Waals surface area (Å²) in [6.07, 6.45) is 8.91. The number of rotatable bonds is 4. The Bertz CT molecular complexity index is 612. The van der Waals surface area contributed by atoms with Crippen molar-refractivity contribution >= 4 is 5.97 Å². The predicted octanol–water partition coefficient (Wildman–Crippen LogP) is 0.147. The van der Waals surface area contributed by atoms with E-state index in [2.05, 4.69) is 20.8 Å². The van der Waals surface area contributed by atoms with E-state index in [-0.39, 0.29) is 59.0 Å². The molecule has 0 saturated heterocycles. The molecule has 160 valence electrons. The Morgan fingerprint density at radius 3 is 2.38 bits per heavy atom. The second kappa shape index (κ2) is 8.73. The fourth-order valence-corrected chi connectivity index (χ4v) is 8.72. The van der Waals surface area contributed by atoms with E-state index in [9.17, 15) is 20.1 Å². The number of fused-ring (bicyclic) bond motifs is 5. The van der Waals surface area contributed by atoms with E-state index in [0.29, 0.717) is 41.9 Å². The van der Waals surface area contributed by atoms with Crippen LogP contribution in [0, 0.1) is 46.3 Å². The first-order valence-corrected chi connectivity index (χ1v) is 11.7. The molecule has 4 unspecified atom stereocenters. The summed E-state index contributed by atoms with van der Waals surface area (Å²) in [5, 5.41) is 32.4. The van der Waals surface area contributed by atoms with Crippen LogP contribution in [0.4, 0.5) is 0 Å². The Balaban J connectivity index is 0.00000240. The summed E-state index contributed by atoms with van der Waals surface area (Å²) in [6, 6.07) is 0. The van der Waals surface area contributed by atoms with Crippen LogP contribution < -0.4 is 34.7 Å². The number of carbonyl (C=O) groups excluding carboxylic acids is 1. The molecular weight excluding hydrogens is 375 g/mol. The van der Waals surface area contributed by atoms with Crippen LogP contribution in [0.15, 0.2) is 0 Å². The van der Waals surface area contributed by atoms with Crippen molar-refractivity contribution in [3.05, 3.63) is 0 Å². The van der Waals surface area contributed by atoms with Crippen molar-refractivity contribution in [2.75, 3.05) is 0 Å². The monoisotopic (exact) mass is 414 g/mol. The molecule has 0 amide bonds. The molecule has 0 aromatic heterocycles. The molecule has 4 saturated carbocycles. The van der Waals surface area contributed by atoms with Crippen molar-refractivity contribution in [2.24, 2.45) is 46.3 Å². The molecule has 4 aliphatic rings. The number of carboxylic acids is 1. The number of aliphatic hydroxyl groups excluding tert-OH is 2. The molecule has 5 heteroatoms. The molecule has 2 N–H and O–H groups in total. The van der Waals surface area contributed by atoms with Crippen LogP contribution in [-0.4, -0.2) is 28.4 Å². The average Bonchev–Trinajstić information content (AvgIpc) is 2.98. The van der Waals surface area contributed by atoms with Gasteiger partial charge in [0, 0.05) is 5.97 Å². The van der Waals surface area contributed by atoms with Gasteiger partial charge in [0.25, 0.3) is 0 Å². The summed E-state index contributed by atoms with van der Waals surface area (Å²) in [6.45, 7) is 7.11. The molecule has 0 aromatic carbocycles. The third-order valence-corrected chi connectivity index (χ3v) is 10.2. The van der Waals surface area contributed by atoms with Gasteiger partial charge in [-0.05, 0) is 111 Å². The first kappa shape index (κ1) is 24.0. The summed E-state index contributed by atoms with van der Waals surface area (Å²) >= 11 is 0. The molecule has 4 aliphatic carbocycles. The fourth-order valence-electron chi connectivity index (χ4n) is 8.72. The number of aliphatic hydroxyl groups is 2. The first-order chi connectivity index (χ1) is 13.2. The topological polar surface area (TPSA) is 80.6 Å². The third-order valence-electron chi connectivity index (χ3n) is 10.2. The fraction of sp³-hybridized carbons (Fsp3) is 0.958. The molecule has 0 aliphatic heterocycles. The molecule has 0 aromatic rings. The van der Waals surface area contributed by atoms with Gasteiger partial charge in [0.05, 0.1) is 12.2 Å². The van der Waals surface area contributed by atoms with Crippen LogP contribution in [0.2, 0.25) is 0 Å². The van der Waals surface area contributed by atoms with Crippen molar-refractivity contribution in [1.29, 1.82) is 0 Å². The summed E-state index contributed by atoms with van der Waals surface area (Å²) < 4.78 is 0. The molecular formula is C24H39NaO4. The minimum absolute atomic E-state index is 0. The zero-order valence-corrected chi connectivity index (χ0v) is 20.9. The molecule has 0 heterocycles. The Labute approximate surface area is 198 Å². The summed E-state index contributed by atoms with van der Waals surface area (Å²) in [4.78, 5) is 10.9. The maximum Gasteiger partial charge on any atom is 1.00 e. The SMILES string of the molecule is C[C@H](CCC(=O)[O-])[C@H]1CCC2C3C(O)C[C@@H]4C[C@H](O)CC[C@@]4(C)C3CC[C@@]21C.[Na+]. The molecule has 4 nitrogen and oxygen atoms in total. The molecule has 0 spiro atoms. The molecule has 4 fully saturated rings. The standard InChI is InChI=1S/C24H40O4.Na/c1-14(4-7-21(27)28)17-5-6-18-22-19(9-11-24(17,18)3)23(2)10-8-16(25)12-15(23)13-20(22)26;/h14-20,22,25-26H,4-13H2,1-3H3,(H,27,28);/q;+1/p-1/t14-,15+,16-,17-,18?,19?,20?,22?,23-,24-;/m1./s1. The summed E-state index contributed by atoms with van der Waals surface area (Å²) in [7, 11) is 0. The van der Waals surface area contributed by atoms with E-state index >= 15 is 0 Å². The van der Waals surface area contributed by atoms with Gasteiger partial charge >= 0.3 is 29.6 Å². The number of hydrogen-bond acceptors (Lipinski definition) is 4. The van der Waals surface area contributed by atoms with Crippen LogP contribution in [-0.2, 0) is 4.79 Å². The predicted molar refractivity (Wildman–Crippen MR) is 106 cm³/mol. The molecule has 4 rings (SSSR count). The van der Waals surface area contributed by atoms with Gasteiger partial charge in [-0.2, -0.15) is 0 Å². The van der Waals surface area contributed by atoms with E-state index in [1.807, 2.05) is 0 Å². The van der Waals surface area contributed by atoms with Gasteiger partial charge in [-0.3, -0.25) is 0 Å². The van der Waals surface area contributed by atoms with E-state index in [1.165, 1.54) is 25.7 Å². The van der Waals surface area contributed by atoms with Crippen LogP contribution in [0.5, 0.6) is 0 Å². The first-order valence-electron chi connectivity index (χ1n) is 11.7. The molecule has 29 heavy (non-hydrogen) atoms. The van der Waals surface area contributed by atoms with E-state index < -0.39 is 5.97 Å². The van der Waals surface area contributed by atoms with E-state index in [4.69, 9.17) is 0 Å².